The Hall–Kier alpha value is -2.08. The predicted molar refractivity (Wildman–Crippen MR) is 80.0 cm³/mol. The van der Waals surface area contributed by atoms with E-state index in [2.05, 4.69) is 5.32 Å². The predicted octanol–water partition coefficient (Wildman–Crippen LogP) is 1.85. The average Bonchev–Trinajstić information content (AvgIpc) is 2.44. The van der Waals surface area contributed by atoms with E-state index in [1.807, 2.05) is 18.2 Å². The maximum absolute atomic E-state index is 12.2. The Morgan fingerprint density at radius 1 is 1.33 bits per heavy atom. The number of benzene rings is 1. The van der Waals surface area contributed by atoms with Gasteiger partial charge in [-0.15, -0.1) is 0 Å². The van der Waals surface area contributed by atoms with Gasteiger partial charge >= 0.3 is 12.0 Å². The SMILES string of the molecule is CCOC(=O)CCN(CC(C)O)C(=O)Nc1ccccc1. The van der Waals surface area contributed by atoms with Gasteiger partial charge in [0.25, 0.3) is 0 Å². The minimum atomic E-state index is -0.672. The summed E-state index contributed by atoms with van der Waals surface area (Å²) in [6.07, 6.45) is -0.573. The number of esters is 1. The summed E-state index contributed by atoms with van der Waals surface area (Å²) >= 11 is 0. The number of hydrogen-bond acceptors (Lipinski definition) is 4. The molecule has 0 fully saturated rings. The maximum atomic E-state index is 12.2. The summed E-state index contributed by atoms with van der Waals surface area (Å²) in [4.78, 5) is 24.9. The van der Waals surface area contributed by atoms with Crippen LogP contribution in [0.25, 0.3) is 0 Å². The number of nitrogens with one attached hydrogen (secondary N) is 1. The maximum Gasteiger partial charge on any atom is 0.321 e. The first kappa shape index (κ1) is 17.0. The molecule has 2 N–H and O–H groups in total. The van der Waals surface area contributed by atoms with E-state index in [1.54, 1.807) is 26.0 Å². The molecule has 1 unspecified atom stereocenters. The highest BCUT2D eigenvalue weighted by atomic mass is 16.5. The lowest BCUT2D eigenvalue weighted by molar-refractivity contribution is -0.143. The molecule has 6 nitrogen and oxygen atoms in total. The molecule has 0 saturated heterocycles. The minimum absolute atomic E-state index is 0.1000. The van der Waals surface area contributed by atoms with Gasteiger partial charge in [-0.3, -0.25) is 4.79 Å². The lowest BCUT2D eigenvalue weighted by Gasteiger charge is -2.24. The molecule has 0 aliphatic carbocycles. The van der Waals surface area contributed by atoms with Crippen LogP contribution in [0.15, 0.2) is 30.3 Å². The summed E-state index contributed by atoms with van der Waals surface area (Å²) in [5.74, 6) is -0.361. The van der Waals surface area contributed by atoms with E-state index in [0.29, 0.717) is 12.3 Å². The molecule has 116 valence electrons. The molecular formula is C15H22N2O4. The van der Waals surface area contributed by atoms with Crippen LogP contribution in [0.3, 0.4) is 0 Å². The Balaban J connectivity index is 2.59. The normalized spacial score (nSPS) is 11.6. The van der Waals surface area contributed by atoms with Crippen LogP contribution in [-0.2, 0) is 9.53 Å². The number of carbonyl (C=O) groups excluding carboxylic acids is 2. The van der Waals surface area contributed by atoms with Crippen molar-refractivity contribution in [2.24, 2.45) is 0 Å². The van der Waals surface area contributed by atoms with Crippen LogP contribution in [0.5, 0.6) is 0 Å². The molecule has 2 amide bonds. The van der Waals surface area contributed by atoms with Gasteiger partial charge < -0.3 is 20.1 Å². The average molecular weight is 294 g/mol. The van der Waals surface area contributed by atoms with E-state index in [1.165, 1.54) is 4.90 Å². The van der Waals surface area contributed by atoms with Crippen molar-refractivity contribution in [3.63, 3.8) is 0 Å². The van der Waals surface area contributed by atoms with E-state index in [9.17, 15) is 14.7 Å². The summed E-state index contributed by atoms with van der Waals surface area (Å²) in [6, 6.07) is 8.66. The number of amides is 2. The second kappa shape index (κ2) is 8.97. The van der Waals surface area contributed by atoms with Gasteiger partial charge in [0.1, 0.15) is 0 Å². The highest BCUT2D eigenvalue weighted by molar-refractivity contribution is 5.89. The molecule has 21 heavy (non-hydrogen) atoms. The molecular weight excluding hydrogens is 272 g/mol. The van der Waals surface area contributed by atoms with Crippen LogP contribution >= 0.6 is 0 Å². The fourth-order valence-electron chi connectivity index (χ4n) is 1.78. The summed E-state index contributed by atoms with van der Waals surface area (Å²) in [7, 11) is 0. The largest absolute Gasteiger partial charge is 0.466 e. The third-order valence-electron chi connectivity index (χ3n) is 2.69. The molecule has 0 aliphatic heterocycles. The monoisotopic (exact) mass is 294 g/mol. The number of ether oxygens (including phenoxy) is 1. The van der Waals surface area contributed by atoms with Gasteiger partial charge in [-0.2, -0.15) is 0 Å². The van der Waals surface area contributed by atoms with E-state index < -0.39 is 6.10 Å². The summed E-state index contributed by atoms with van der Waals surface area (Å²) in [5.41, 5.74) is 0.661. The molecule has 6 heteroatoms. The lowest BCUT2D eigenvalue weighted by Crippen LogP contribution is -2.40. The number of urea groups is 1. The zero-order chi connectivity index (χ0) is 15.7. The van der Waals surface area contributed by atoms with E-state index in [-0.39, 0.29) is 31.5 Å². The van der Waals surface area contributed by atoms with Crippen molar-refractivity contribution in [1.29, 1.82) is 0 Å². The van der Waals surface area contributed by atoms with Crippen molar-refractivity contribution in [1.82, 2.24) is 4.90 Å². The van der Waals surface area contributed by atoms with Crippen LogP contribution in [0.2, 0.25) is 0 Å². The topological polar surface area (TPSA) is 78.9 Å². The number of hydrogen-bond donors (Lipinski definition) is 2. The van der Waals surface area contributed by atoms with Gasteiger partial charge in [-0.1, -0.05) is 18.2 Å². The van der Waals surface area contributed by atoms with Crippen LogP contribution in [-0.4, -0.2) is 47.8 Å². The minimum Gasteiger partial charge on any atom is -0.466 e. The Bertz CT molecular complexity index is 448. The molecule has 0 saturated carbocycles. The second-order valence-electron chi connectivity index (χ2n) is 4.65. The van der Waals surface area contributed by atoms with Crippen molar-refractivity contribution in [3.05, 3.63) is 30.3 Å². The van der Waals surface area contributed by atoms with Crippen LogP contribution in [0, 0.1) is 0 Å². The number of aliphatic hydroxyl groups excluding tert-OH is 1. The number of para-hydroxylation sites is 1. The van der Waals surface area contributed by atoms with Crippen LogP contribution in [0.1, 0.15) is 20.3 Å². The van der Waals surface area contributed by atoms with Gasteiger partial charge in [-0.25, -0.2) is 4.79 Å². The molecule has 0 spiro atoms. The first-order valence-electron chi connectivity index (χ1n) is 6.97. The van der Waals surface area contributed by atoms with Crippen molar-refractivity contribution >= 4 is 17.7 Å². The molecule has 0 radical (unpaired) electrons. The van der Waals surface area contributed by atoms with Crippen molar-refractivity contribution < 1.29 is 19.4 Å². The van der Waals surface area contributed by atoms with Gasteiger partial charge in [0.15, 0.2) is 0 Å². The summed E-state index contributed by atoms with van der Waals surface area (Å²) in [6.45, 7) is 3.98. The van der Waals surface area contributed by atoms with Crippen molar-refractivity contribution in [2.75, 3.05) is 25.0 Å². The second-order valence-corrected chi connectivity index (χ2v) is 4.65. The van der Waals surface area contributed by atoms with E-state index >= 15 is 0 Å². The first-order chi connectivity index (χ1) is 10.0. The molecule has 0 bridgehead atoms. The quantitative estimate of drug-likeness (QED) is 0.752. The van der Waals surface area contributed by atoms with Crippen molar-refractivity contribution in [3.8, 4) is 0 Å². The number of nitrogens with zero attached hydrogens (tertiary/aromatic N) is 1. The van der Waals surface area contributed by atoms with E-state index in [0.717, 1.165) is 0 Å². The summed E-state index contributed by atoms with van der Waals surface area (Å²) in [5, 5.41) is 12.2. The zero-order valence-electron chi connectivity index (χ0n) is 12.4. The van der Waals surface area contributed by atoms with E-state index in [4.69, 9.17) is 4.74 Å². The Morgan fingerprint density at radius 3 is 2.57 bits per heavy atom. The molecule has 0 heterocycles. The smallest absolute Gasteiger partial charge is 0.321 e. The van der Waals surface area contributed by atoms with Crippen LogP contribution in [0.4, 0.5) is 10.5 Å². The molecule has 1 aromatic rings. The van der Waals surface area contributed by atoms with Gasteiger partial charge in [0.05, 0.1) is 19.1 Å². The Labute approximate surface area is 124 Å². The molecule has 1 rings (SSSR count). The highest BCUT2D eigenvalue weighted by Gasteiger charge is 2.17. The number of carbonyl (C=O) groups is 2. The number of rotatable bonds is 7. The third-order valence-corrected chi connectivity index (χ3v) is 2.69. The van der Waals surface area contributed by atoms with Crippen molar-refractivity contribution in [2.45, 2.75) is 26.4 Å². The zero-order valence-corrected chi connectivity index (χ0v) is 12.4. The highest BCUT2D eigenvalue weighted by Crippen LogP contribution is 2.07. The van der Waals surface area contributed by atoms with Gasteiger partial charge in [0.2, 0.25) is 0 Å². The Morgan fingerprint density at radius 2 is 2.00 bits per heavy atom. The standard InChI is InChI=1S/C15H22N2O4/c1-3-21-14(19)9-10-17(11-12(2)18)15(20)16-13-7-5-4-6-8-13/h4-8,12,18H,3,9-11H2,1-2H3,(H,16,20). The first-order valence-corrected chi connectivity index (χ1v) is 6.97. The number of anilines is 1. The fourth-order valence-corrected chi connectivity index (χ4v) is 1.78. The third kappa shape index (κ3) is 6.76. The number of aliphatic hydroxyl groups is 1. The lowest BCUT2D eigenvalue weighted by atomic mass is 10.3. The van der Waals surface area contributed by atoms with Crippen LogP contribution < -0.4 is 5.32 Å². The molecule has 0 aliphatic rings. The molecule has 1 atom stereocenters. The summed E-state index contributed by atoms with van der Waals surface area (Å²) < 4.78 is 4.84. The molecule has 0 aromatic heterocycles. The Kier molecular flexibility index (Phi) is 7.25. The fraction of sp³-hybridized carbons (Fsp3) is 0.467. The molecule has 1 aromatic carbocycles. The van der Waals surface area contributed by atoms with Gasteiger partial charge in [0, 0.05) is 18.8 Å². The van der Waals surface area contributed by atoms with Gasteiger partial charge in [-0.05, 0) is 26.0 Å².